The molecule has 0 fully saturated rings. The van der Waals surface area contributed by atoms with Crippen LogP contribution in [0.2, 0.25) is 0 Å². The zero-order valence-corrected chi connectivity index (χ0v) is 26.8. The fraction of sp³-hybridized carbons (Fsp3) is 0.452. The summed E-state index contributed by atoms with van der Waals surface area (Å²) in [7, 11) is -4.15. The van der Waals surface area contributed by atoms with Gasteiger partial charge in [0, 0.05) is 12.0 Å². The maximum Gasteiger partial charge on any atom is 0.459 e. The average molecular weight is 612 g/mol. The van der Waals surface area contributed by atoms with Crippen LogP contribution in [0.25, 0.3) is 21.9 Å². The smallest absolute Gasteiger partial charge is 0.459 e. The number of imidazole rings is 1. The SMILES string of the molecule is CCOCc1nc2c(N)nc3ccccc3c2n1C[C@@H](C)OP(=O)(N[C@H](C(=O)OC(C)(C)C)C(C)C)Oc1ccccc1. The molecule has 4 aromatic rings. The first-order valence-corrected chi connectivity index (χ1v) is 16.0. The van der Waals surface area contributed by atoms with Crippen molar-refractivity contribution < 1.29 is 27.9 Å². The highest BCUT2D eigenvalue weighted by molar-refractivity contribution is 7.52. The second kappa shape index (κ2) is 13.4. The molecule has 0 spiro atoms. The molecule has 0 aliphatic carbocycles. The summed E-state index contributed by atoms with van der Waals surface area (Å²) >= 11 is 0. The van der Waals surface area contributed by atoms with Gasteiger partial charge in [-0.1, -0.05) is 50.2 Å². The lowest BCUT2D eigenvalue weighted by molar-refractivity contribution is -0.158. The van der Waals surface area contributed by atoms with E-state index in [-0.39, 0.29) is 19.1 Å². The first kappa shape index (κ1) is 32.4. The largest absolute Gasteiger partial charge is 0.459 e. The molecule has 0 saturated carbocycles. The normalized spacial score (nSPS) is 15.0. The van der Waals surface area contributed by atoms with Gasteiger partial charge in [-0.2, -0.15) is 5.09 Å². The van der Waals surface area contributed by atoms with Crippen LogP contribution in [0.4, 0.5) is 5.82 Å². The number of anilines is 1. The minimum Gasteiger partial charge on any atom is -0.459 e. The second-order valence-electron chi connectivity index (χ2n) is 11.7. The summed E-state index contributed by atoms with van der Waals surface area (Å²) in [5.74, 6) is 0.420. The summed E-state index contributed by atoms with van der Waals surface area (Å²) in [5.41, 5.74) is 7.64. The number of fused-ring (bicyclic) bond motifs is 3. The summed E-state index contributed by atoms with van der Waals surface area (Å²) in [4.78, 5) is 22.4. The van der Waals surface area contributed by atoms with Crippen molar-refractivity contribution in [1.29, 1.82) is 0 Å². The monoisotopic (exact) mass is 611 g/mol. The van der Waals surface area contributed by atoms with Crippen molar-refractivity contribution >= 4 is 41.5 Å². The summed E-state index contributed by atoms with van der Waals surface area (Å²) in [6.45, 7) is 13.6. The Morgan fingerprint density at radius 2 is 1.72 bits per heavy atom. The Hall–Kier alpha value is -3.50. The topological polar surface area (TPSA) is 140 Å². The molecule has 0 aliphatic rings. The van der Waals surface area contributed by atoms with Gasteiger partial charge in [0.1, 0.15) is 35.3 Å². The molecule has 3 atom stereocenters. The van der Waals surface area contributed by atoms with Crippen LogP contribution in [-0.2, 0) is 36.5 Å². The molecule has 0 aliphatic heterocycles. The molecule has 2 heterocycles. The number of carbonyl (C=O) groups excluding carboxylic acids is 1. The molecule has 232 valence electrons. The molecule has 0 amide bonds. The van der Waals surface area contributed by atoms with Gasteiger partial charge in [0.25, 0.3) is 0 Å². The summed E-state index contributed by atoms with van der Waals surface area (Å²) < 4.78 is 39.9. The fourth-order valence-corrected chi connectivity index (χ4v) is 6.48. The van der Waals surface area contributed by atoms with Crippen molar-refractivity contribution in [2.45, 2.75) is 79.4 Å². The molecular weight excluding hydrogens is 569 g/mol. The highest BCUT2D eigenvalue weighted by Crippen LogP contribution is 2.47. The van der Waals surface area contributed by atoms with Crippen LogP contribution in [-0.4, -0.2) is 44.9 Å². The lowest BCUT2D eigenvalue weighted by atomic mass is 10.1. The predicted octanol–water partition coefficient (Wildman–Crippen LogP) is 6.25. The van der Waals surface area contributed by atoms with Crippen molar-refractivity contribution in [3.05, 3.63) is 60.4 Å². The molecule has 43 heavy (non-hydrogen) atoms. The Kier molecular flexibility index (Phi) is 10.1. The molecule has 4 rings (SSSR count). The van der Waals surface area contributed by atoms with Crippen LogP contribution in [0.1, 0.15) is 54.3 Å². The third-order valence-electron chi connectivity index (χ3n) is 6.48. The van der Waals surface area contributed by atoms with Gasteiger partial charge in [-0.15, -0.1) is 0 Å². The van der Waals surface area contributed by atoms with Gasteiger partial charge in [0.15, 0.2) is 5.82 Å². The molecule has 3 N–H and O–H groups in total. The Labute approximate surface area is 252 Å². The molecule has 0 saturated heterocycles. The number of ether oxygens (including phenoxy) is 2. The minimum atomic E-state index is -4.15. The van der Waals surface area contributed by atoms with Crippen LogP contribution >= 0.6 is 7.75 Å². The van der Waals surface area contributed by atoms with Crippen LogP contribution in [0, 0.1) is 5.92 Å². The molecular formula is C31H42N5O6P. The van der Waals surface area contributed by atoms with Crippen molar-refractivity contribution in [3.8, 4) is 5.75 Å². The zero-order chi connectivity index (χ0) is 31.4. The molecule has 1 unspecified atom stereocenters. The third kappa shape index (κ3) is 8.12. The van der Waals surface area contributed by atoms with E-state index >= 15 is 0 Å². The zero-order valence-electron chi connectivity index (χ0n) is 25.9. The number of nitrogen functional groups attached to an aromatic ring is 1. The second-order valence-corrected chi connectivity index (χ2v) is 13.3. The maximum absolute atomic E-state index is 14.5. The van der Waals surface area contributed by atoms with E-state index in [9.17, 15) is 9.36 Å². The fourth-order valence-electron chi connectivity index (χ4n) is 4.64. The molecule has 12 heteroatoms. The Bertz CT molecular complexity index is 1600. The molecule has 11 nitrogen and oxygen atoms in total. The number of nitrogens with zero attached hydrogens (tertiary/aromatic N) is 3. The van der Waals surface area contributed by atoms with Crippen molar-refractivity contribution in [2.24, 2.45) is 5.92 Å². The predicted molar refractivity (Wildman–Crippen MR) is 168 cm³/mol. The van der Waals surface area contributed by atoms with Crippen molar-refractivity contribution in [2.75, 3.05) is 12.3 Å². The number of esters is 1. The van der Waals surface area contributed by atoms with Crippen LogP contribution < -0.4 is 15.3 Å². The molecule has 0 radical (unpaired) electrons. The highest BCUT2D eigenvalue weighted by Gasteiger charge is 2.39. The van der Waals surface area contributed by atoms with Gasteiger partial charge in [-0.05, 0) is 58.7 Å². The molecule has 2 aromatic heterocycles. The van der Waals surface area contributed by atoms with E-state index in [2.05, 4.69) is 10.1 Å². The lowest BCUT2D eigenvalue weighted by Gasteiger charge is -2.30. The standard InChI is InChI=1S/C31H42N5O6P/c1-8-39-19-25-34-27-28(23-16-12-13-17-24(23)33-29(27)32)36(25)18-21(4)41-43(38,42-22-14-10-9-11-15-22)35-26(20(2)3)30(37)40-31(5,6)7/h9-17,20-21,26H,8,18-19H2,1-7H3,(H2,32,33)(H,35,38)/t21-,26+,43?/m1/s1. The van der Waals surface area contributed by atoms with Crippen LogP contribution in [0.15, 0.2) is 54.6 Å². The summed E-state index contributed by atoms with van der Waals surface area (Å²) in [5, 5.41) is 3.75. The first-order chi connectivity index (χ1) is 20.3. The number of nitrogens with two attached hydrogens (primary N) is 1. The number of benzene rings is 2. The van der Waals surface area contributed by atoms with E-state index in [1.54, 1.807) is 52.0 Å². The number of para-hydroxylation sites is 2. The Morgan fingerprint density at radius 3 is 2.37 bits per heavy atom. The van der Waals surface area contributed by atoms with E-state index < -0.39 is 31.5 Å². The summed E-state index contributed by atoms with van der Waals surface area (Å²) in [6.07, 6.45) is -0.681. The van der Waals surface area contributed by atoms with E-state index in [1.165, 1.54) is 0 Å². The van der Waals surface area contributed by atoms with E-state index in [0.29, 0.717) is 29.5 Å². The van der Waals surface area contributed by atoms with Gasteiger partial charge in [-0.3, -0.25) is 9.32 Å². The Morgan fingerprint density at radius 1 is 1.05 bits per heavy atom. The van der Waals surface area contributed by atoms with E-state index in [1.807, 2.05) is 55.7 Å². The number of carbonyl (C=O) groups is 1. The van der Waals surface area contributed by atoms with E-state index in [4.69, 9.17) is 29.2 Å². The van der Waals surface area contributed by atoms with Crippen molar-refractivity contribution in [3.63, 3.8) is 0 Å². The quantitative estimate of drug-likeness (QED) is 0.132. The number of nitrogens with one attached hydrogen (secondary N) is 1. The van der Waals surface area contributed by atoms with E-state index in [0.717, 1.165) is 16.4 Å². The van der Waals surface area contributed by atoms with Crippen LogP contribution in [0.3, 0.4) is 0 Å². The van der Waals surface area contributed by atoms with Crippen LogP contribution in [0.5, 0.6) is 5.75 Å². The average Bonchev–Trinajstić information content (AvgIpc) is 3.28. The van der Waals surface area contributed by atoms with Gasteiger partial charge < -0.3 is 24.3 Å². The first-order valence-electron chi connectivity index (χ1n) is 14.4. The van der Waals surface area contributed by atoms with Gasteiger partial charge in [0.05, 0.1) is 23.7 Å². The minimum absolute atomic E-state index is 0.231. The highest BCUT2D eigenvalue weighted by atomic mass is 31.2. The third-order valence-corrected chi connectivity index (χ3v) is 8.16. The summed E-state index contributed by atoms with van der Waals surface area (Å²) in [6, 6.07) is 15.4. The Balaban J connectivity index is 1.71. The maximum atomic E-state index is 14.5. The van der Waals surface area contributed by atoms with Gasteiger partial charge in [0.2, 0.25) is 0 Å². The molecule has 2 aromatic carbocycles. The van der Waals surface area contributed by atoms with Gasteiger partial charge >= 0.3 is 13.7 Å². The lowest BCUT2D eigenvalue weighted by Crippen LogP contribution is -2.44. The molecule has 0 bridgehead atoms. The number of pyridine rings is 1. The number of hydrogen-bond donors (Lipinski definition) is 2. The number of hydrogen-bond acceptors (Lipinski definition) is 9. The van der Waals surface area contributed by atoms with Crippen molar-refractivity contribution in [1.82, 2.24) is 19.6 Å². The number of aromatic nitrogens is 3. The number of rotatable bonds is 13. The van der Waals surface area contributed by atoms with Gasteiger partial charge in [-0.25, -0.2) is 14.5 Å².